The Morgan fingerprint density at radius 1 is 1.33 bits per heavy atom. The summed E-state index contributed by atoms with van der Waals surface area (Å²) in [7, 11) is 0. The molecule has 0 saturated carbocycles. The highest BCUT2D eigenvalue weighted by atomic mass is 32.2. The van der Waals surface area contributed by atoms with Crippen molar-refractivity contribution in [2.75, 3.05) is 5.75 Å². The minimum absolute atomic E-state index is 0.163. The van der Waals surface area contributed by atoms with Gasteiger partial charge in [-0.05, 0) is 48.7 Å². The van der Waals surface area contributed by atoms with E-state index in [1.165, 1.54) is 23.4 Å². The third-order valence-electron chi connectivity index (χ3n) is 3.94. The Morgan fingerprint density at radius 2 is 2.14 bits per heavy atom. The number of nitrogens with zero attached hydrogens (tertiary/aromatic N) is 1. The molecule has 0 spiro atoms. The molecule has 0 aliphatic heterocycles. The summed E-state index contributed by atoms with van der Waals surface area (Å²) in [6, 6.07) is 10.9. The third-order valence-corrected chi connectivity index (χ3v) is 5.08. The van der Waals surface area contributed by atoms with Crippen molar-refractivity contribution in [2.24, 2.45) is 5.84 Å². The van der Waals surface area contributed by atoms with E-state index in [1.807, 2.05) is 12.3 Å². The Hall–Kier alpha value is -1.43. The van der Waals surface area contributed by atoms with Crippen molar-refractivity contribution in [2.45, 2.75) is 29.7 Å². The summed E-state index contributed by atoms with van der Waals surface area (Å²) in [5, 5.41) is 0. The summed E-state index contributed by atoms with van der Waals surface area (Å²) in [4.78, 5) is 5.57. The van der Waals surface area contributed by atoms with E-state index in [0.717, 1.165) is 23.5 Å². The molecule has 1 aliphatic rings. The van der Waals surface area contributed by atoms with Gasteiger partial charge in [0.25, 0.3) is 0 Å². The number of halogens is 1. The van der Waals surface area contributed by atoms with Gasteiger partial charge >= 0.3 is 0 Å². The molecular formula is C16H18FN3S. The van der Waals surface area contributed by atoms with Crippen molar-refractivity contribution in [3.8, 4) is 0 Å². The predicted octanol–water partition coefficient (Wildman–Crippen LogP) is 2.87. The van der Waals surface area contributed by atoms with Crippen LogP contribution in [-0.4, -0.2) is 16.8 Å². The molecule has 0 bridgehead atoms. The SMILES string of the molecule is NNC(CSc1ccc(F)cc1)C1CCc2cccnc21. The molecule has 21 heavy (non-hydrogen) atoms. The number of hydrogen-bond donors (Lipinski definition) is 2. The second-order valence-corrected chi connectivity index (χ2v) is 6.32. The molecule has 110 valence electrons. The molecule has 3 rings (SSSR count). The number of hydrogen-bond acceptors (Lipinski definition) is 4. The van der Waals surface area contributed by atoms with Crippen LogP contribution in [0.4, 0.5) is 4.39 Å². The maximum absolute atomic E-state index is 12.9. The van der Waals surface area contributed by atoms with Gasteiger partial charge in [-0.25, -0.2) is 4.39 Å². The van der Waals surface area contributed by atoms with E-state index in [-0.39, 0.29) is 11.9 Å². The molecular weight excluding hydrogens is 285 g/mol. The van der Waals surface area contributed by atoms with Crippen molar-refractivity contribution in [1.29, 1.82) is 0 Å². The van der Waals surface area contributed by atoms with Crippen LogP contribution >= 0.6 is 11.8 Å². The second kappa shape index (κ2) is 6.56. The molecule has 0 radical (unpaired) electrons. The van der Waals surface area contributed by atoms with E-state index < -0.39 is 0 Å². The molecule has 2 aromatic rings. The second-order valence-electron chi connectivity index (χ2n) is 5.23. The normalized spacial score (nSPS) is 18.5. The number of thioether (sulfide) groups is 1. The Bertz CT molecular complexity index is 603. The molecule has 0 saturated heterocycles. The molecule has 3 nitrogen and oxygen atoms in total. The quantitative estimate of drug-likeness (QED) is 0.506. The number of aryl methyl sites for hydroxylation is 1. The van der Waals surface area contributed by atoms with Gasteiger partial charge in [0.1, 0.15) is 5.82 Å². The molecule has 0 fully saturated rings. The fourth-order valence-corrected chi connectivity index (χ4v) is 3.86. The average Bonchev–Trinajstić information content (AvgIpc) is 2.94. The molecule has 2 atom stereocenters. The first-order chi connectivity index (χ1) is 10.3. The zero-order valence-corrected chi connectivity index (χ0v) is 12.4. The fourth-order valence-electron chi connectivity index (χ4n) is 2.83. The van der Waals surface area contributed by atoms with Crippen molar-refractivity contribution in [3.63, 3.8) is 0 Å². The van der Waals surface area contributed by atoms with Gasteiger partial charge < -0.3 is 0 Å². The van der Waals surface area contributed by atoms with Gasteiger partial charge in [-0.15, -0.1) is 11.8 Å². The van der Waals surface area contributed by atoms with Gasteiger partial charge in [-0.2, -0.15) is 0 Å². The van der Waals surface area contributed by atoms with Gasteiger partial charge in [0.15, 0.2) is 0 Å². The lowest BCUT2D eigenvalue weighted by molar-refractivity contribution is 0.468. The lowest BCUT2D eigenvalue weighted by Crippen LogP contribution is -2.41. The fraction of sp³-hybridized carbons (Fsp3) is 0.312. The first-order valence-electron chi connectivity index (χ1n) is 7.06. The number of rotatable bonds is 5. The summed E-state index contributed by atoms with van der Waals surface area (Å²) in [6.45, 7) is 0. The Morgan fingerprint density at radius 3 is 2.90 bits per heavy atom. The standard InChI is InChI=1S/C16H18FN3S/c17-12-4-6-13(7-5-12)21-10-15(20-18)14-8-3-11-2-1-9-19-16(11)14/h1-2,4-7,9,14-15,20H,3,8,10,18H2. The smallest absolute Gasteiger partial charge is 0.123 e. The van der Waals surface area contributed by atoms with Gasteiger partial charge in [-0.3, -0.25) is 16.3 Å². The van der Waals surface area contributed by atoms with Gasteiger partial charge in [0, 0.05) is 34.5 Å². The first kappa shape index (κ1) is 14.5. The lowest BCUT2D eigenvalue weighted by atomic mass is 9.99. The molecule has 1 aliphatic carbocycles. The Balaban J connectivity index is 1.67. The highest BCUT2D eigenvalue weighted by molar-refractivity contribution is 7.99. The molecule has 1 aromatic heterocycles. The van der Waals surface area contributed by atoms with E-state index in [9.17, 15) is 4.39 Å². The molecule has 3 N–H and O–H groups in total. The van der Waals surface area contributed by atoms with Crippen molar-refractivity contribution in [1.82, 2.24) is 10.4 Å². The molecule has 1 aromatic carbocycles. The average molecular weight is 303 g/mol. The number of aromatic nitrogens is 1. The molecule has 2 unspecified atom stereocenters. The summed E-state index contributed by atoms with van der Waals surface area (Å²) in [5.74, 6) is 6.72. The maximum Gasteiger partial charge on any atom is 0.123 e. The number of fused-ring (bicyclic) bond motifs is 1. The van der Waals surface area contributed by atoms with E-state index in [4.69, 9.17) is 5.84 Å². The van der Waals surface area contributed by atoms with E-state index in [1.54, 1.807) is 23.9 Å². The largest absolute Gasteiger partial charge is 0.271 e. The van der Waals surface area contributed by atoms with E-state index in [2.05, 4.69) is 16.5 Å². The minimum Gasteiger partial charge on any atom is -0.271 e. The van der Waals surface area contributed by atoms with Crippen LogP contribution in [0, 0.1) is 5.82 Å². The monoisotopic (exact) mass is 303 g/mol. The number of benzene rings is 1. The van der Waals surface area contributed by atoms with Crippen LogP contribution in [-0.2, 0) is 6.42 Å². The van der Waals surface area contributed by atoms with Crippen molar-refractivity contribution in [3.05, 3.63) is 59.7 Å². The van der Waals surface area contributed by atoms with Crippen LogP contribution in [0.25, 0.3) is 0 Å². The van der Waals surface area contributed by atoms with Crippen LogP contribution in [0.1, 0.15) is 23.6 Å². The van der Waals surface area contributed by atoms with Crippen LogP contribution < -0.4 is 11.3 Å². The third kappa shape index (κ3) is 3.26. The summed E-state index contributed by atoms with van der Waals surface area (Å²) >= 11 is 1.69. The lowest BCUT2D eigenvalue weighted by Gasteiger charge is -2.22. The van der Waals surface area contributed by atoms with E-state index >= 15 is 0 Å². The van der Waals surface area contributed by atoms with Gasteiger partial charge in [0.05, 0.1) is 0 Å². The Labute approximate surface area is 128 Å². The van der Waals surface area contributed by atoms with Gasteiger partial charge in [-0.1, -0.05) is 6.07 Å². The molecule has 0 amide bonds. The zero-order chi connectivity index (χ0) is 14.7. The molecule has 5 heteroatoms. The predicted molar refractivity (Wildman–Crippen MR) is 83.5 cm³/mol. The van der Waals surface area contributed by atoms with Crippen molar-refractivity contribution < 1.29 is 4.39 Å². The van der Waals surface area contributed by atoms with Crippen LogP contribution in [0.2, 0.25) is 0 Å². The van der Waals surface area contributed by atoms with Gasteiger partial charge in [0.2, 0.25) is 0 Å². The number of hydrazine groups is 1. The topological polar surface area (TPSA) is 50.9 Å². The summed E-state index contributed by atoms with van der Waals surface area (Å²) in [6.07, 6.45) is 3.98. The number of pyridine rings is 1. The Kier molecular flexibility index (Phi) is 4.53. The van der Waals surface area contributed by atoms with E-state index in [0.29, 0.717) is 5.92 Å². The van der Waals surface area contributed by atoms with Crippen LogP contribution in [0.5, 0.6) is 0 Å². The molecule has 1 heterocycles. The summed E-state index contributed by atoms with van der Waals surface area (Å²) in [5.41, 5.74) is 5.43. The van der Waals surface area contributed by atoms with Crippen LogP contribution in [0.15, 0.2) is 47.5 Å². The zero-order valence-electron chi connectivity index (χ0n) is 11.6. The number of nitrogens with two attached hydrogens (primary N) is 1. The highest BCUT2D eigenvalue weighted by Gasteiger charge is 2.30. The van der Waals surface area contributed by atoms with Crippen molar-refractivity contribution >= 4 is 11.8 Å². The number of nitrogens with one attached hydrogen (secondary N) is 1. The summed E-state index contributed by atoms with van der Waals surface area (Å²) < 4.78 is 12.9. The maximum atomic E-state index is 12.9. The first-order valence-corrected chi connectivity index (χ1v) is 8.05. The van der Waals surface area contributed by atoms with Crippen LogP contribution in [0.3, 0.4) is 0 Å². The minimum atomic E-state index is -0.207. The highest BCUT2D eigenvalue weighted by Crippen LogP contribution is 2.35.